The number of halogens is 1. The van der Waals surface area contributed by atoms with Crippen LogP contribution >= 0.6 is 23.4 Å². The van der Waals surface area contributed by atoms with Gasteiger partial charge in [0.15, 0.2) is 0 Å². The van der Waals surface area contributed by atoms with Gasteiger partial charge in [-0.1, -0.05) is 35.5 Å². The number of rotatable bonds is 7. The van der Waals surface area contributed by atoms with E-state index in [-0.39, 0.29) is 17.7 Å². The van der Waals surface area contributed by atoms with Gasteiger partial charge in [-0.3, -0.25) is 4.79 Å². The van der Waals surface area contributed by atoms with Gasteiger partial charge in [-0.05, 0) is 59.3 Å². The number of benzene rings is 2. The van der Waals surface area contributed by atoms with E-state index in [9.17, 15) is 4.79 Å². The second kappa shape index (κ2) is 8.88. The molecule has 0 aliphatic heterocycles. The van der Waals surface area contributed by atoms with Crippen LogP contribution in [0.1, 0.15) is 18.5 Å². The summed E-state index contributed by atoms with van der Waals surface area (Å²) in [5.74, 6) is 0.845. The summed E-state index contributed by atoms with van der Waals surface area (Å²) in [4.78, 5) is 12.3. The van der Waals surface area contributed by atoms with Crippen LogP contribution in [0.3, 0.4) is 0 Å². The largest absolute Gasteiger partial charge is 0.497 e. The minimum atomic E-state index is -0.118. The van der Waals surface area contributed by atoms with Gasteiger partial charge in [-0.15, -0.1) is 5.10 Å². The summed E-state index contributed by atoms with van der Waals surface area (Å²) < 4.78 is 6.73. The summed E-state index contributed by atoms with van der Waals surface area (Å²) in [5.41, 5.74) is 1.78. The fraction of sp³-hybridized carbons (Fsp3) is 0.222. The Hall–Kier alpha value is -2.58. The van der Waals surface area contributed by atoms with Gasteiger partial charge >= 0.3 is 0 Å². The SMILES string of the molecule is COc1ccc(-n2nnnc2SCC(=O)NC(C)c2ccc(Cl)cc2)cc1. The number of thioether (sulfide) groups is 1. The maximum Gasteiger partial charge on any atom is 0.230 e. The van der Waals surface area contributed by atoms with Crippen LogP contribution in [0, 0.1) is 0 Å². The van der Waals surface area contributed by atoms with E-state index in [2.05, 4.69) is 20.8 Å². The molecule has 0 aliphatic rings. The van der Waals surface area contributed by atoms with Crippen LogP contribution in [0.2, 0.25) is 5.02 Å². The molecule has 140 valence electrons. The first-order chi connectivity index (χ1) is 13.1. The Morgan fingerprint density at radius 3 is 2.59 bits per heavy atom. The van der Waals surface area contributed by atoms with Crippen molar-refractivity contribution < 1.29 is 9.53 Å². The summed E-state index contributed by atoms with van der Waals surface area (Å²) >= 11 is 7.16. The third-order valence-corrected chi connectivity index (χ3v) is 5.01. The first kappa shape index (κ1) is 19.2. The molecule has 0 bridgehead atoms. The van der Waals surface area contributed by atoms with Crippen molar-refractivity contribution in [3.05, 3.63) is 59.1 Å². The average molecular weight is 404 g/mol. The smallest absolute Gasteiger partial charge is 0.230 e. The number of ether oxygens (including phenoxy) is 1. The quantitative estimate of drug-likeness (QED) is 0.609. The molecule has 1 unspecified atom stereocenters. The highest BCUT2D eigenvalue weighted by Gasteiger charge is 2.14. The van der Waals surface area contributed by atoms with Crippen LogP contribution in [0.5, 0.6) is 5.75 Å². The van der Waals surface area contributed by atoms with Crippen LogP contribution in [-0.2, 0) is 4.79 Å². The van der Waals surface area contributed by atoms with Crippen molar-refractivity contribution in [1.82, 2.24) is 25.5 Å². The van der Waals surface area contributed by atoms with Crippen LogP contribution in [-0.4, -0.2) is 39.0 Å². The van der Waals surface area contributed by atoms with Gasteiger partial charge in [0.05, 0.1) is 24.6 Å². The number of hydrogen-bond donors (Lipinski definition) is 1. The van der Waals surface area contributed by atoms with Crippen molar-refractivity contribution in [2.45, 2.75) is 18.1 Å². The lowest BCUT2D eigenvalue weighted by molar-refractivity contribution is -0.119. The molecular weight excluding hydrogens is 386 g/mol. The van der Waals surface area contributed by atoms with Gasteiger partial charge in [0.2, 0.25) is 11.1 Å². The molecule has 0 radical (unpaired) electrons. The Morgan fingerprint density at radius 1 is 1.22 bits per heavy atom. The number of tetrazole rings is 1. The number of hydrogen-bond acceptors (Lipinski definition) is 6. The Bertz CT molecular complexity index is 899. The fourth-order valence-corrected chi connectivity index (χ4v) is 3.23. The maximum atomic E-state index is 12.3. The molecule has 9 heteroatoms. The van der Waals surface area contributed by atoms with Gasteiger partial charge in [-0.2, -0.15) is 4.68 Å². The molecule has 1 amide bonds. The molecule has 1 N–H and O–H groups in total. The average Bonchev–Trinajstić information content (AvgIpc) is 3.15. The third kappa shape index (κ3) is 4.99. The number of carbonyl (C=O) groups is 1. The number of nitrogens with zero attached hydrogens (tertiary/aromatic N) is 4. The Labute approximate surface area is 166 Å². The molecule has 0 saturated carbocycles. The van der Waals surface area contributed by atoms with Crippen LogP contribution in [0.4, 0.5) is 0 Å². The molecule has 3 rings (SSSR count). The Morgan fingerprint density at radius 2 is 1.93 bits per heavy atom. The maximum absolute atomic E-state index is 12.3. The summed E-state index contributed by atoms with van der Waals surface area (Å²) in [7, 11) is 1.61. The summed E-state index contributed by atoms with van der Waals surface area (Å²) in [6, 6.07) is 14.6. The van der Waals surface area contributed by atoms with Gasteiger partial charge in [-0.25, -0.2) is 0 Å². The second-order valence-corrected chi connectivity index (χ2v) is 7.08. The predicted molar refractivity (Wildman–Crippen MR) is 104 cm³/mol. The number of aromatic nitrogens is 4. The molecule has 0 spiro atoms. The normalized spacial score (nSPS) is 11.8. The Balaban J connectivity index is 1.59. The molecule has 27 heavy (non-hydrogen) atoms. The lowest BCUT2D eigenvalue weighted by Crippen LogP contribution is -2.28. The van der Waals surface area contributed by atoms with Gasteiger partial charge in [0, 0.05) is 5.02 Å². The van der Waals surface area contributed by atoms with Crippen molar-refractivity contribution in [2.75, 3.05) is 12.9 Å². The van der Waals surface area contributed by atoms with E-state index < -0.39 is 0 Å². The van der Waals surface area contributed by atoms with Gasteiger partial charge in [0.1, 0.15) is 5.75 Å². The van der Waals surface area contributed by atoms with E-state index in [1.54, 1.807) is 23.9 Å². The molecule has 0 fully saturated rings. The molecule has 1 atom stereocenters. The number of amides is 1. The van der Waals surface area contributed by atoms with Crippen molar-refractivity contribution in [2.24, 2.45) is 0 Å². The van der Waals surface area contributed by atoms with Crippen LogP contribution in [0.25, 0.3) is 5.69 Å². The van der Waals surface area contributed by atoms with E-state index in [0.717, 1.165) is 17.0 Å². The van der Waals surface area contributed by atoms with Crippen molar-refractivity contribution in [1.29, 1.82) is 0 Å². The third-order valence-electron chi connectivity index (χ3n) is 3.84. The lowest BCUT2D eigenvalue weighted by atomic mass is 10.1. The van der Waals surface area contributed by atoms with E-state index >= 15 is 0 Å². The molecule has 7 nitrogen and oxygen atoms in total. The van der Waals surface area contributed by atoms with Crippen LogP contribution in [0.15, 0.2) is 53.7 Å². The van der Waals surface area contributed by atoms with Crippen molar-refractivity contribution in [3.8, 4) is 11.4 Å². The predicted octanol–water partition coefficient (Wildman–Crippen LogP) is 3.29. The number of carbonyl (C=O) groups excluding carboxylic acids is 1. The molecule has 1 aromatic heterocycles. The zero-order valence-electron chi connectivity index (χ0n) is 14.8. The summed E-state index contributed by atoms with van der Waals surface area (Å²) in [6.07, 6.45) is 0. The van der Waals surface area contributed by atoms with E-state index in [4.69, 9.17) is 16.3 Å². The van der Waals surface area contributed by atoms with E-state index in [1.165, 1.54) is 11.8 Å². The highest BCUT2D eigenvalue weighted by molar-refractivity contribution is 7.99. The zero-order chi connectivity index (χ0) is 19.2. The molecular formula is C18H18ClN5O2S. The summed E-state index contributed by atoms with van der Waals surface area (Å²) in [6.45, 7) is 1.92. The van der Waals surface area contributed by atoms with Crippen molar-refractivity contribution >= 4 is 29.3 Å². The highest BCUT2D eigenvalue weighted by atomic mass is 35.5. The first-order valence-corrected chi connectivity index (χ1v) is 9.53. The number of nitrogens with one attached hydrogen (secondary N) is 1. The molecule has 3 aromatic rings. The topological polar surface area (TPSA) is 81.9 Å². The first-order valence-electron chi connectivity index (χ1n) is 8.17. The number of methoxy groups -OCH3 is 1. The minimum absolute atomic E-state index is 0.105. The van der Waals surface area contributed by atoms with Gasteiger partial charge < -0.3 is 10.1 Å². The molecule has 0 aliphatic carbocycles. The second-order valence-electron chi connectivity index (χ2n) is 5.70. The molecule has 1 heterocycles. The lowest BCUT2D eigenvalue weighted by Gasteiger charge is -2.14. The Kier molecular flexibility index (Phi) is 6.31. The summed E-state index contributed by atoms with van der Waals surface area (Å²) in [5, 5.41) is 15.8. The monoisotopic (exact) mass is 403 g/mol. The fourth-order valence-electron chi connectivity index (χ4n) is 2.40. The van der Waals surface area contributed by atoms with Crippen molar-refractivity contribution in [3.63, 3.8) is 0 Å². The van der Waals surface area contributed by atoms with E-state index in [1.807, 2.05) is 43.3 Å². The van der Waals surface area contributed by atoms with E-state index in [0.29, 0.717) is 10.2 Å². The highest BCUT2D eigenvalue weighted by Crippen LogP contribution is 2.21. The zero-order valence-corrected chi connectivity index (χ0v) is 16.4. The molecule has 0 saturated heterocycles. The molecule has 2 aromatic carbocycles. The van der Waals surface area contributed by atoms with Gasteiger partial charge in [0.25, 0.3) is 0 Å². The van der Waals surface area contributed by atoms with Crippen LogP contribution < -0.4 is 10.1 Å². The minimum Gasteiger partial charge on any atom is -0.497 e. The standard InChI is InChI=1S/C18H18ClN5O2S/c1-12(13-3-5-14(19)6-4-13)20-17(25)11-27-18-21-22-23-24(18)15-7-9-16(26-2)10-8-15/h3-10,12H,11H2,1-2H3,(H,20,25).